The third kappa shape index (κ3) is 6.27. The summed E-state index contributed by atoms with van der Waals surface area (Å²) in [7, 11) is 0. The third-order valence-corrected chi connectivity index (χ3v) is 3.89. The minimum absolute atomic E-state index is 0.0291. The molecule has 1 saturated carbocycles. The van der Waals surface area contributed by atoms with E-state index in [4.69, 9.17) is 17.2 Å². The van der Waals surface area contributed by atoms with Crippen molar-refractivity contribution in [3.8, 4) is 0 Å². The van der Waals surface area contributed by atoms with E-state index in [0.29, 0.717) is 32.1 Å². The van der Waals surface area contributed by atoms with E-state index in [1.54, 1.807) is 0 Å². The Kier molecular flexibility index (Phi) is 7.84. The first-order valence-electron chi connectivity index (χ1n) is 8.41. The molecule has 1 aliphatic rings. The maximum atomic E-state index is 12.6. The molecule has 0 aliphatic heterocycles. The maximum absolute atomic E-state index is 12.6. The standard InChI is InChI=1S/C16H29N5O3/c1-10(2)8-13(17)15(24)21(14(23)11-5-6-11)12(9-22)4-3-7-20-16(18)19/h9-13H,3-8,17H2,1-2H3,(H4,18,19,20)/t12-,13-/m0/s1. The quantitative estimate of drug-likeness (QED) is 0.216. The third-order valence-electron chi connectivity index (χ3n) is 3.89. The van der Waals surface area contributed by atoms with Crippen LogP contribution in [-0.2, 0) is 14.4 Å². The number of amides is 2. The molecule has 0 aromatic heterocycles. The van der Waals surface area contributed by atoms with Gasteiger partial charge in [-0.3, -0.25) is 19.5 Å². The summed E-state index contributed by atoms with van der Waals surface area (Å²) in [6.07, 6.45) is 3.41. The molecule has 0 unspecified atom stereocenters. The van der Waals surface area contributed by atoms with Crippen LogP contribution in [0.1, 0.15) is 46.0 Å². The molecule has 0 aromatic rings. The Morgan fingerprint density at radius 3 is 2.38 bits per heavy atom. The zero-order valence-corrected chi connectivity index (χ0v) is 14.5. The Bertz CT molecular complexity index is 484. The first-order chi connectivity index (χ1) is 11.3. The molecule has 8 heteroatoms. The molecule has 0 bridgehead atoms. The van der Waals surface area contributed by atoms with Crippen molar-refractivity contribution in [3.63, 3.8) is 0 Å². The van der Waals surface area contributed by atoms with Crippen LogP contribution in [0.3, 0.4) is 0 Å². The molecular formula is C16H29N5O3. The van der Waals surface area contributed by atoms with Crippen LogP contribution in [0, 0.1) is 11.8 Å². The molecule has 24 heavy (non-hydrogen) atoms. The number of carbonyl (C=O) groups excluding carboxylic acids is 3. The van der Waals surface area contributed by atoms with Crippen molar-refractivity contribution in [2.75, 3.05) is 6.54 Å². The molecule has 0 radical (unpaired) electrons. The fourth-order valence-electron chi connectivity index (χ4n) is 2.52. The fourth-order valence-corrected chi connectivity index (χ4v) is 2.52. The Labute approximate surface area is 142 Å². The molecule has 6 N–H and O–H groups in total. The molecule has 1 aliphatic carbocycles. The second kappa shape index (κ2) is 9.36. The van der Waals surface area contributed by atoms with E-state index in [2.05, 4.69) is 4.99 Å². The van der Waals surface area contributed by atoms with Crippen LogP contribution < -0.4 is 17.2 Å². The molecule has 0 aromatic carbocycles. The maximum Gasteiger partial charge on any atom is 0.246 e. The van der Waals surface area contributed by atoms with Crippen molar-refractivity contribution in [3.05, 3.63) is 0 Å². The molecule has 1 fully saturated rings. The summed E-state index contributed by atoms with van der Waals surface area (Å²) >= 11 is 0. The summed E-state index contributed by atoms with van der Waals surface area (Å²) in [5.41, 5.74) is 16.5. The van der Waals surface area contributed by atoms with Crippen molar-refractivity contribution in [2.45, 2.75) is 58.0 Å². The average molecular weight is 339 g/mol. The predicted octanol–water partition coefficient (Wildman–Crippen LogP) is -0.254. The van der Waals surface area contributed by atoms with Crippen molar-refractivity contribution < 1.29 is 14.4 Å². The second-order valence-corrected chi connectivity index (χ2v) is 6.71. The van der Waals surface area contributed by atoms with Crippen LogP contribution >= 0.6 is 0 Å². The van der Waals surface area contributed by atoms with Gasteiger partial charge in [0.25, 0.3) is 0 Å². The summed E-state index contributed by atoms with van der Waals surface area (Å²) in [5, 5.41) is 0. The first-order valence-corrected chi connectivity index (χ1v) is 8.41. The number of guanidine groups is 1. The van der Waals surface area contributed by atoms with Gasteiger partial charge in [0.15, 0.2) is 5.96 Å². The SMILES string of the molecule is CC(C)C[C@H](N)C(=O)N(C(=O)C1CC1)[C@H](C=O)CCCN=C(N)N. The van der Waals surface area contributed by atoms with Crippen LogP contribution in [0.5, 0.6) is 0 Å². The van der Waals surface area contributed by atoms with E-state index in [-0.39, 0.29) is 23.7 Å². The van der Waals surface area contributed by atoms with Gasteiger partial charge in [0, 0.05) is 12.5 Å². The van der Waals surface area contributed by atoms with Crippen LogP contribution in [-0.4, -0.2) is 47.6 Å². The molecule has 1 rings (SSSR count). The van der Waals surface area contributed by atoms with Crippen LogP contribution in [0.4, 0.5) is 0 Å². The predicted molar refractivity (Wildman–Crippen MR) is 91.8 cm³/mol. The lowest BCUT2D eigenvalue weighted by Crippen LogP contribution is -2.53. The van der Waals surface area contributed by atoms with Crippen molar-refractivity contribution in [2.24, 2.45) is 34.0 Å². The molecule has 8 nitrogen and oxygen atoms in total. The lowest BCUT2D eigenvalue weighted by molar-refractivity contribution is -0.151. The highest BCUT2D eigenvalue weighted by molar-refractivity contribution is 6.01. The monoisotopic (exact) mass is 339 g/mol. The largest absolute Gasteiger partial charge is 0.370 e. The number of rotatable bonds is 10. The van der Waals surface area contributed by atoms with Gasteiger partial charge in [0.2, 0.25) is 11.8 Å². The van der Waals surface area contributed by atoms with E-state index in [9.17, 15) is 14.4 Å². The molecule has 0 saturated heterocycles. The Hall–Kier alpha value is -1.96. The molecular weight excluding hydrogens is 310 g/mol. The molecule has 2 amide bonds. The Morgan fingerprint density at radius 1 is 1.29 bits per heavy atom. The first kappa shape index (κ1) is 20.1. The summed E-state index contributed by atoms with van der Waals surface area (Å²) in [4.78, 5) is 41.6. The minimum Gasteiger partial charge on any atom is -0.370 e. The van der Waals surface area contributed by atoms with Crippen LogP contribution in [0.25, 0.3) is 0 Å². The zero-order valence-electron chi connectivity index (χ0n) is 14.5. The van der Waals surface area contributed by atoms with Crippen molar-refractivity contribution in [1.29, 1.82) is 0 Å². The Morgan fingerprint density at radius 2 is 1.92 bits per heavy atom. The summed E-state index contributed by atoms with van der Waals surface area (Å²) in [6, 6.07) is -1.61. The zero-order chi connectivity index (χ0) is 18.3. The number of aliphatic imine (C=N–C) groups is 1. The second-order valence-electron chi connectivity index (χ2n) is 6.71. The molecule has 0 heterocycles. The number of hydrogen-bond donors (Lipinski definition) is 3. The smallest absolute Gasteiger partial charge is 0.246 e. The fraction of sp³-hybridized carbons (Fsp3) is 0.750. The van der Waals surface area contributed by atoms with Gasteiger partial charge in [-0.05, 0) is 38.0 Å². The van der Waals surface area contributed by atoms with Gasteiger partial charge in [-0.25, -0.2) is 0 Å². The van der Waals surface area contributed by atoms with Gasteiger partial charge in [0.1, 0.15) is 6.29 Å². The van der Waals surface area contributed by atoms with E-state index in [0.717, 1.165) is 17.7 Å². The number of hydrogen-bond acceptors (Lipinski definition) is 5. The summed E-state index contributed by atoms with van der Waals surface area (Å²) < 4.78 is 0. The van der Waals surface area contributed by atoms with Gasteiger partial charge < -0.3 is 22.0 Å². The summed E-state index contributed by atoms with van der Waals surface area (Å²) in [5.74, 6) is -0.741. The number of imide groups is 1. The lowest BCUT2D eigenvalue weighted by atomic mass is 10.0. The number of carbonyl (C=O) groups is 3. The minimum atomic E-state index is -0.821. The number of aldehydes is 1. The molecule has 2 atom stereocenters. The van der Waals surface area contributed by atoms with Crippen LogP contribution in [0.2, 0.25) is 0 Å². The van der Waals surface area contributed by atoms with Gasteiger partial charge >= 0.3 is 0 Å². The van der Waals surface area contributed by atoms with Gasteiger partial charge in [-0.1, -0.05) is 13.8 Å². The summed E-state index contributed by atoms with van der Waals surface area (Å²) in [6.45, 7) is 4.24. The molecule has 136 valence electrons. The normalized spacial score (nSPS) is 16.3. The van der Waals surface area contributed by atoms with Gasteiger partial charge in [-0.2, -0.15) is 0 Å². The van der Waals surface area contributed by atoms with Crippen LogP contribution in [0.15, 0.2) is 4.99 Å². The van der Waals surface area contributed by atoms with Gasteiger partial charge in [0.05, 0.1) is 12.1 Å². The number of nitrogens with two attached hydrogens (primary N) is 3. The van der Waals surface area contributed by atoms with E-state index in [1.165, 1.54) is 0 Å². The van der Waals surface area contributed by atoms with E-state index < -0.39 is 18.0 Å². The lowest BCUT2D eigenvalue weighted by Gasteiger charge is -2.29. The highest BCUT2D eigenvalue weighted by atomic mass is 16.2. The van der Waals surface area contributed by atoms with E-state index in [1.807, 2.05) is 13.8 Å². The number of nitrogens with zero attached hydrogens (tertiary/aromatic N) is 2. The average Bonchev–Trinajstić information content (AvgIpc) is 3.33. The van der Waals surface area contributed by atoms with E-state index >= 15 is 0 Å². The topological polar surface area (TPSA) is 145 Å². The van der Waals surface area contributed by atoms with Crippen molar-refractivity contribution in [1.82, 2.24) is 4.90 Å². The molecule has 0 spiro atoms. The highest BCUT2D eigenvalue weighted by Gasteiger charge is 2.40. The highest BCUT2D eigenvalue weighted by Crippen LogP contribution is 2.32. The Balaban J connectivity index is 2.81. The van der Waals surface area contributed by atoms with Gasteiger partial charge in [-0.15, -0.1) is 0 Å². The van der Waals surface area contributed by atoms with Crippen molar-refractivity contribution >= 4 is 24.1 Å².